The third kappa shape index (κ3) is 2.88. The lowest BCUT2D eigenvalue weighted by molar-refractivity contribution is -0.118. The molecule has 0 saturated heterocycles. The molecule has 1 aromatic carbocycles. The summed E-state index contributed by atoms with van der Waals surface area (Å²) in [4.78, 5) is 23.9. The molecular weight excluding hydrogens is 256 g/mol. The lowest BCUT2D eigenvalue weighted by atomic mass is 9.99. The summed E-state index contributed by atoms with van der Waals surface area (Å²) in [6, 6.07) is 4.83. The molecular formula is C15H16N2O3. The highest BCUT2D eigenvalue weighted by atomic mass is 16.5. The molecule has 3 N–H and O–H groups in total. The van der Waals surface area contributed by atoms with Crippen molar-refractivity contribution in [2.75, 3.05) is 18.2 Å². The molecule has 5 nitrogen and oxygen atoms in total. The van der Waals surface area contributed by atoms with Gasteiger partial charge in [0.1, 0.15) is 0 Å². The number of benzene rings is 1. The van der Waals surface area contributed by atoms with Crippen LogP contribution in [0.1, 0.15) is 16.8 Å². The van der Waals surface area contributed by atoms with Crippen LogP contribution in [0.3, 0.4) is 0 Å². The number of amides is 1. The van der Waals surface area contributed by atoms with E-state index in [9.17, 15) is 9.59 Å². The molecule has 0 aromatic heterocycles. The predicted molar refractivity (Wildman–Crippen MR) is 77.2 cm³/mol. The van der Waals surface area contributed by atoms with E-state index in [0.717, 1.165) is 0 Å². The molecule has 0 spiro atoms. The van der Waals surface area contributed by atoms with E-state index in [1.54, 1.807) is 18.2 Å². The molecule has 0 heterocycles. The first-order valence-electron chi connectivity index (χ1n) is 6.24. The molecule has 1 unspecified atom stereocenters. The van der Waals surface area contributed by atoms with Gasteiger partial charge in [0, 0.05) is 0 Å². The first-order chi connectivity index (χ1) is 9.63. The van der Waals surface area contributed by atoms with E-state index in [2.05, 4.69) is 10.1 Å². The van der Waals surface area contributed by atoms with E-state index in [1.165, 1.54) is 7.11 Å². The van der Waals surface area contributed by atoms with Crippen molar-refractivity contribution in [3.8, 4) is 0 Å². The Morgan fingerprint density at radius 1 is 1.35 bits per heavy atom. The molecule has 0 saturated carbocycles. The van der Waals surface area contributed by atoms with Gasteiger partial charge in [-0.25, -0.2) is 4.79 Å². The van der Waals surface area contributed by atoms with Gasteiger partial charge in [0.05, 0.1) is 30.0 Å². The van der Waals surface area contributed by atoms with E-state index in [0.29, 0.717) is 17.8 Å². The summed E-state index contributed by atoms with van der Waals surface area (Å²) in [5.74, 6) is -0.995. The number of nitrogens with two attached hydrogens (primary N) is 1. The maximum Gasteiger partial charge on any atom is 0.340 e. The number of ether oxygens (including phenoxy) is 1. The maximum atomic E-state index is 12.2. The number of carbonyl (C=O) groups excluding carboxylic acids is 2. The van der Waals surface area contributed by atoms with Crippen LogP contribution in [0.15, 0.2) is 42.5 Å². The fourth-order valence-corrected chi connectivity index (χ4v) is 1.98. The number of nitrogens with one attached hydrogen (secondary N) is 1. The van der Waals surface area contributed by atoms with Crippen molar-refractivity contribution in [3.05, 3.63) is 48.1 Å². The average Bonchev–Trinajstić information content (AvgIpc) is 2.49. The molecule has 1 atom stereocenters. The highest BCUT2D eigenvalue weighted by Gasteiger charge is 2.20. The lowest BCUT2D eigenvalue weighted by Crippen LogP contribution is -2.23. The Morgan fingerprint density at radius 3 is 2.80 bits per heavy atom. The third-order valence-corrected chi connectivity index (χ3v) is 3.07. The summed E-state index contributed by atoms with van der Waals surface area (Å²) in [6.07, 6.45) is 8.07. The van der Waals surface area contributed by atoms with Crippen LogP contribution in [0.5, 0.6) is 0 Å². The molecule has 1 aliphatic carbocycles. The van der Waals surface area contributed by atoms with Gasteiger partial charge >= 0.3 is 5.97 Å². The molecule has 0 fully saturated rings. The fraction of sp³-hybridized carbons (Fsp3) is 0.200. The first kappa shape index (κ1) is 13.9. The number of methoxy groups -OCH3 is 1. The number of para-hydroxylation sites is 1. The molecule has 104 valence electrons. The van der Waals surface area contributed by atoms with Crippen molar-refractivity contribution in [2.45, 2.75) is 6.42 Å². The van der Waals surface area contributed by atoms with E-state index < -0.39 is 5.97 Å². The second-order valence-corrected chi connectivity index (χ2v) is 4.41. The standard InChI is InChI=1S/C15H16N2O3/c1-20-15(19)11-8-5-9-12(16)13(11)17-14(18)10-6-3-2-4-7-10/h2-6,8-10H,7,16H2,1H3,(H,17,18). The summed E-state index contributed by atoms with van der Waals surface area (Å²) in [7, 11) is 1.28. The molecule has 1 aromatic rings. The second kappa shape index (κ2) is 6.06. The maximum absolute atomic E-state index is 12.2. The molecule has 1 amide bonds. The lowest BCUT2D eigenvalue weighted by Gasteiger charge is -2.16. The predicted octanol–water partition coefficient (Wildman–Crippen LogP) is 2.13. The summed E-state index contributed by atoms with van der Waals surface area (Å²) in [5.41, 5.74) is 6.71. The zero-order valence-electron chi connectivity index (χ0n) is 11.1. The highest BCUT2D eigenvalue weighted by Crippen LogP contribution is 2.25. The number of rotatable bonds is 3. The second-order valence-electron chi connectivity index (χ2n) is 4.41. The van der Waals surface area contributed by atoms with Gasteiger partial charge in [-0.3, -0.25) is 4.79 Å². The number of esters is 1. The summed E-state index contributed by atoms with van der Waals surface area (Å²) >= 11 is 0. The van der Waals surface area contributed by atoms with Crippen LogP contribution in [0.25, 0.3) is 0 Å². The van der Waals surface area contributed by atoms with E-state index in [-0.39, 0.29) is 17.4 Å². The van der Waals surface area contributed by atoms with Gasteiger partial charge in [-0.15, -0.1) is 0 Å². The number of allylic oxidation sites excluding steroid dienone is 3. The van der Waals surface area contributed by atoms with Crippen molar-refractivity contribution in [1.29, 1.82) is 0 Å². The normalized spacial score (nSPS) is 16.8. The summed E-state index contributed by atoms with van der Waals surface area (Å²) < 4.78 is 4.69. The zero-order chi connectivity index (χ0) is 14.5. The van der Waals surface area contributed by atoms with Gasteiger partial charge in [-0.2, -0.15) is 0 Å². The van der Waals surface area contributed by atoms with E-state index in [4.69, 9.17) is 5.73 Å². The van der Waals surface area contributed by atoms with E-state index in [1.807, 2.05) is 24.3 Å². The first-order valence-corrected chi connectivity index (χ1v) is 6.24. The Bertz CT molecular complexity index is 591. The Hall–Kier alpha value is -2.56. The summed E-state index contributed by atoms with van der Waals surface area (Å²) in [5, 5.41) is 2.71. The minimum Gasteiger partial charge on any atom is -0.465 e. The van der Waals surface area contributed by atoms with Crippen LogP contribution in [0.2, 0.25) is 0 Å². The molecule has 0 radical (unpaired) electrons. The molecule has 0 aliphatic heterocycles. The van der Waals surface area contributed by atoms with Gasteiger partial charge in [-0.05, 0) is 18.6 Å². The van der Waals surface area contributed by atoms with Crippen molar-refractivity contribution in [3.63, 3.8) is 0 Å². The average molecular weight is 272 g/mol. The quantitative estimate of drug-likeness (QED) is 0.652. The number of hydrogen-bond acceptors (Lipinski definition) is 4. The van der Waals surface area contributed by atoms with Crippen LogP contribution in [-0.2, 0) is 9.53 Å². The number of hydrogen-bond donors (Lipinski definition) is 2. The van der Waals surface area contributed by atoms with Gasteiger partial charge in [0.15, 0.2) is 0 Å². The smallest absolute Gasteiger partial charge is 0.340 e. The van der Waals surface area contributed by atoms with Crippen molar-refractivity contribution in [2.24, 2.45) is 5.92 Å². The zero-order valence-corrected chi connectivity index (χ0v) is 11.1. The topological polar surface area (TPSA) is 81.4 Å². The van der Waals surface area contributed by atoms with Crippen molar-refractivity contribution in [1.82, 2.24) is 0 Å². The van der Waals surface area contributed by atoms with Gasteiger partial charge in [0.25, 0.3) is 0 Å². The number of nitrogen functional groups attached to an aromatic ring is 1. The van der Waals surface area contributed by atoms with Gasteiger partial charge < -0.3 is 15.8 Å². The van der Waals surface area contributed by atoms with Crippen LogP contribution >= 0.6 is 0 Å². The number of carbonyl (C=O) groups is 2. The van der Waals surface area contributed by atoms with Crippen LogP contribution in [0.4, 0.5) is 11.4 Å². The van der Waals surface area contributed by atoms with Crippen molar-refractivity contribution >= 4 is 23.3 Å². The fourth-order valence-electron chi connectivity index (χ4n) is 1.98. The molecule has 20 heavy (non-hydrogen) atoms. The Morgan fingerprint density at radius 2 is 2.15 bits per heavy atom. The summed E-state index contributed by atoms with van der Waals surface area (Å²) in [6.45, 7) is 0. The minimum atomic E-state index is -0.535. The van der Waals surface area contributed by atoms with Gasteiger partial charge in [-0.1, -0.05) is 30.4 Å². The molecule has 2 rings (SSSR count). The van der Waals surface area contributed by atoms with Crippen molar-refractivity contribution < 1.29 is 14.3 Å². The monoisotopic (exact) mass is 272 g/mol. The number of anilines is 2. The molecule has 1 aliphatic rings. The largest absolute Gasteiger partial charge is 0.465 e. The van der Waals surface area contributed by atoms with E-state index >= 15 is 0 Å². The Labute approximate surface area is 117 Å². The Balaban J connectivity index is 2.24. The minimum absolute atomic E-state index is 0.200. The third-order valence-electron chi connectivity index (χ3n) is 3.07. The van der Waals surface area contributed by atoms with Crippen LogP contribution in [-0.4, -0.2) is 19.0 Å². The highest BCUT2D eigenvalue weighted by molar-refractivity contribution is 6.05. The van der Waals surface area contributed by atoms with Crippen LogP contribution < -0.4 is 11.1 Å². The SMILES string of the molecule is COC(=O)c1cccc(N)c1NC(=O)C1C=CC=CC1. The van der Waals surface area contributed by atoms with Crippen LogP contribution in [0, 0.1) is 5.92 Å². The Kier molecular flexibility index (Phi) is 4.20. The van der Waals surface area contributed by atoms with Gasteiger partial charge in [0.2, 0.25) is 5.91 Å². The molecule has 0 bridgehead atoms. The molecule has 5 heteroatoms.